The highest BCUT2D eigenvalue weighted by molar-refractivity contribution is 7.89. The third-order valence-electron chi connectivity index (χ3n) is 5.90. The molecule has 1 atom stereocenters. The summed E-state index contributed by atoms with van der Waals surface area (Å²) in [5, 5.41) is 8.26. The average molecular weight is 488 g/mol. The van der Waals surface area contributed by atoms with E-state index in [0.29, 0.717) is 24.3 Å². The van der Waals surface area contributed by atoms with Crippen molar-refractivity contribution in [3.05, 3.63) is 59.9 Å². The number of sulfonamides is 1. The molecule has 0 saturated carbocycles. The largest absolute Gasteiger partial charge is 0.368 e. The molecule has 2 aliphatic heterocycles. The highest BCUT2D eigenvalue weighted by Gasteiger charge is 2.35. The number of hydrazone groups is 1. The van der Waals surface area contributed by atoms with E-state index in [-0.39, 0.29) is 23.6 Å². The van der Waals surface area contributed by atoms with Gasteiger partial charge < -0.3 is 11.1 Å². The Bertz CT molecular complexity index is 1210. The molecule has 2 aromatic rings. The summed E-state index contributed by atoms with van der Waals surface area (Å²) in [6.45, 7) is 1.10. The lowest BCUT2D eigenvalue weighted by atomic mass is 10.1. The monoisotopic (exact) mass is 487 g/mol. The van der Waals surface area contributed by atoms with E-state index in [1.54, 1.807) is 24.3 Å². The summed E-state index contributed by atoms with van der Waals surface area (Å²) in [5.74, 6) is -1.60. The maximum atomic E-state index is 13.3. The zero-order valence-corrected chi connectivity index (χ0v) is 19.3. The van der Waals surface area contributed by atoms with Crippen LogP contribution in [0.25, 0.3) is 0 Å². The van der Waals surface area contributed by atoms with Crippen LogP contribution < -0.4 is 16.1 Å². The molecular weight excluding hydrogens is 461 g/mol. The molecule has 11 heteroatoms. The molecule has 180 valence electrons. The molecule has 2 aliphatic rings. The lowest BCUT2D eigenvalue weighted by Gasteiger charge is -2.26. The quantitative estimate of drug-likeness (QED) is 0.615. The Hall–Kier alpha value is -3.31. The van der Waals surface area contributed by atoms with Gasteiger partial charge in [0, 0.05) is 26.1 Å². The molecule has 0 spiro atoms. The number of anilines is 1. The first-order valence-corrected chi connectivity index (χ1v) is 12.5. The summed E-state index contributed by atoms with van der Waals surface area (Å²) in [4.78, 5) is 24.8. The van der Waals surface area contributed by atoms with Gasteiger partial charge in [0.15, 0.2) is 0 Å². The van der Waals surface area contributed by atoms with Crippen molar-refractivity contribution in [1.29, 1.82) is 0 Å². The van der Waals surface area contributed by atoms with Crippen LogP contribution in [0.3, 0.4) is 0 Å². The Morgan fingerprint density at radius 3 is 2.47 bits per heavy atom. The highest BCUT2D eigenvalue weighted by atomic mass is 32.2. The topological polar surface area (TPSA) is 125 Å². The van der Waals surface area contributed by atoms with Gasteiger partial charge in [0.2, 0.25) is 15.9 Å². The van der Waals surface area contributed by atoms with Crippen LogP contribution in [-0.4, -0.2) is 49.4 Å². The van der Waals surface area contributed by atoms with Crippen LogP contribution in [0, 0.1) is 5.82 Å². The number of piperidine rings is 1. The first-order chi connectivity index (χ1) is 16.3. The molecule has 4 rings (SSSR count). The number of benzene rings is 2. The molecule has 1 saturated heterocycles. The average Bonchev–Trinajstić information content (AvgIpc) is 3.30. The van der Waals surface area contributed by atoms with Crippen LogP contribution >= 0.6 is 0 Å². The number of halogens is 1. The van der Waals surface area contributed by atoms with Crippen LogP contribution in [0.15, 0.2) is 58.5 Å². The van der Waals surface area contributed by atoms with E-state index in [4.69, 9.17) is 5.73 Å². The minimum atomic E-state index is -3.58. The van der Waals surface area contributed by atoms with E-state index in [0.717, 1.165) is 19.3 Å². The van der Waals surface area contributed by atoms with Crippen LogP contribution in [0.2, 0.25) is 0 Å². The molecule has 3 N–H and O–H groups in total. The lowest BCUT2D eigenvalue weighted by Crippen LogP contribution is -2.39. The molecule has 0 radical (unpaired) electrons. The van der Waals surface area contributed by atoms with Gasteiger partial charge in [0.05, 0.1) is 10.6 Å². The van der Waals surface area contributed by atoms with Gasteiger partial charge in [0.1, 0.15) is 17.6 Å². The Kier molecular flexibility index (Phi) is 6.94. The third kappa shape index (κ3) is 5.10. The SMILES string of the molecule is NC(=O)C1CC(C(=O)NCc2cccc(S(=O)(=O)N3CCCCC3)c2)=NN1c1ccc(F)cc1. The van der Waals surface area contributed by atoms with Crippen molar-refractivity contribution in [2.75, 3.05) is 18.1 Å². The number of nitrogens with zero attached hydrogens (tertiary/aromatic N) is 3. The second kappa shape index (κ2) is 9.90. The van der Waals surface area contributed by atoms with Gasteiger partial charge in [-0.25, -0.2) is 12.8 Å². The Balaban J connectivity index is 1.45. The fourth-order valence-electron chi connectivity index (χ4n) is 4.06. The van der Waals surface area contributed by atoms with Crippen molar-refractivity contribution < 1.29 is 22.4 Å². The fourth-order valence-corrected chi connectivity index (χ4v) is 5.64. The molecule has 1 fully saturated rings. The molecule has 0 bridgehead atoms. The van der Waals surface area contributed by atoms with Gasteiger partial charge in [-0.1, -0.05) is 18.6 Å². The van der Waals surface area contributed by atoms with Gasteiger partial charge in [-0.05, 0) is 54.8 Å². The number of rotatable bonds is 7. The molecule has 2 amide bonds. The smallest absolute Gasteiger partial charge is 0.267 e. The number of carbonyl (C=O) groups excluding carboxylic acids is 2. The molecule has 1 unspecified atom stereocenters. The maximum Gasteiger partial charge on any atom is 0.267 e. The maximum absolute atomic E-state index is 13.3. The van der Waals surface area contributed by atoms with Crippen molar-refractivity contribution in [3.63, 3.8) is 0 Å². The van der Waals surface area contributed by atoms with E-state index in [2.05, 4.69) is 10.4 Å². The first-order valence-electron chi connectivity index (χ1n) is 11.0. The van der Waals surface area contributed by atoms with Crippen LogP contribution in [-0.2, 0) is 26.2 Å². The zero-order chi connectivity index (χ0) is 24.3. The van der Waals surface area contributed by atoms with Crippen molar-refractivity contribution in [2.45, 2.75) is 43.2 Å². The van der Waals surface area contributed by atoms with E-state index < -0.39 is 33.7 Å². The van der Waals surface area contributed by atoms with Gasteiger partial charge in [-0.3, -0.25) is 14.6 Å². The molecule has 2 aromatic carbocycles. The molecular formula is C23H26FN5O4S. The van der Waals surface area contributed by atoms with E-state index in [9.17, 15) is 22.4 Å². The summed E-state index contributed by atoms with van der Waals surface area (Å²) < 4.78 is 40.6. The number of nitrogens with two attached hydrogens (primary N) is 1. The number of hydrogen-bond acceptors (Lipinski definition) is 6. The van der Waals surface area contributed by atoms with E-state index in [1.165, 1.54) is 33.6 Å². The number of amides is 2. The van der Waals surface area contributed by atoms with Crippen LogP contribution in [0.5, 0.6) is 0 Å². The van der Waals surface area contributed by atoms with Crippen LogP contribution in [0.1, 0.15) is 31.2 Å². The molecule has 34 heavy (non-hydrogen) atoms. The molecule has 2 heterocycles. The second-order valence-corrected chi connectivity index (χ2v) is 10.2. The number of nitrogens with one attached hydrogen (secondary N) is 1. The van der Waals surface area contributed by atoms with Gasteiger partial charge in [-0.15, -0.1) is 0 Å². The van der Waals surface area contributed by atoms with Crippen molar-refractivity contribution in [1.82, 2.24) is 9.62 Å². The third-order valence-corrected chi connectivity index (χ3v) is 7.79. The molecule has 0 aliphatic carbocycles. The van der Waals surface area contributed by atoms with Crippen LogP contribution in [0.4, 0.5) is 10.1 Å². The summed E-state index contributed by atoms with van der Waals surface area (Å²) in [7, 11) is -3.58. The minimum absolute atomic E-state index is 0.00191. The Labute approximate surface area is 197 Å². The standard InChI is InChI=1S/C23H26FN5O4S/c24-17-7-9-18(10-8-17)29-21(22(25)30)14-20(27-29)23(31)26-15-16-5-4-6-19(13-16)34(32,33)28-11-2-1-3-12-28/h4-10,13,21H,1-3,11-12,14-15H2,(H2,25,30)(H,26,31). The number of primary amides is 1. The predicted molar refractivity (Wildman–Crippen MR) is 125 cm³/mol. The Morgan fingerprint density at radius 2 is 1.79 bits per heavy atom. The first kappa shape index (κ1) is 23.8. The molecule has 9 nitrogen and oxygen atoms in total. The summed E-state index contributed by atoms with van der Waals surface area (Å²) in [6.07, 6.45) is 2.72. The van der Waals surface area contributed by atoms with Crippen molar-refractivity contribution in [2.24, 2.45) is 10.8 Å². The second-order valence-electron chi connectivity index (χ2n) is 8.28. The summed E-state index contributed by atoms with van der Waals surface area (Å²) in [5.41, 5.74) is 6.63. The van der Waals surface area contributed by atoms with E-state index >= 15 is 0 Å². The predicted octanol–water partition coefficient (Wildman–Crippen LogP) is 1.74. The number of carbonyl (C=O) groups is 2. The minimum Gasteiger partial charge on any atom is -0.368 e. The highest BCUT2D eigenvalue weighted by Crippen LogP contribution is 2.25. The van der Waals surface area contributed by atoms with E-state index in [1.807, 2.05) is 0 Å². The number of hydrogen-bond donors (Lipinski definition) is 2. The molecule has 0 aromatic heterocycles. The fraction of sp³-hybridized carbons (Fsp3) is 0.348. The van der Waals surface area contributed by atoms with Gasteiger partial charge in [0.25, 0.3) is 5.91 Å². The van der Waals surface area contributed by atoms with Gasteiger partial charge in [-0.2, -0.15) is 9.41 Å². The Morgan fingerprint density at radius 1 is 1.09 bits per heavy atom. The van der Waals surface area contributed by atoms with Gasteiger partial charge >= 0.3 is 0 Å². The van der Waals surface area contributed by atoms with Crippen molar-refractivity contribution >= 4 is 33.2 Å². The lowest BCUT2D eigenvalue weighted by molar-refractivity contribution is -0.119. The van der Waals surface area contributed by atoms with Crippen molar-refractivity contribution in [3.8, 4) is 0 Å². The zero-order valence-electron chi connectivity index (χ0n) is 18.5. The summed E-state index contributed by atoms with van der Waals surface area (Å²) in [6, 6.07) is 11.0. The normalized spacial score (nSPS) is 19.0. The summed E-state index contributed by atoms with van der Waals surface area (Å²) >= 11 is 0.